The largest absolute Gasteiger partial charge is 0.507 e. The summed E-state index contributed by atoms with van der Waals surface area (Å²) in [4.78, 5) is 12.7. The van der Waals surface area contributed by atoms with Gasteiger partial charge in [0.05, 0.1) is 22.8 Å². The quantitative estimate of drug-likeness (QED) is 0.129. The number of sulfone groups is 1. The second-order valence-electron chi connectivity index (χ2n) is 10.0. The van der Waals surface area contributed by atoms with Crippen LogP contribution in [0.25, 0.3) is 0 Å². The molecule has 0 saturated heterocycles. The third kappa shape index (κ3) is 10.5. The van der Waals surface area contributed by atoms with E-state index in [1.165, 1.54) is 31.7 Å². The predicted molar refractivity (Wildman–Crippen MR) is 165 cm³/mol. The Bertz CT molecular complexity index is 1450. The summed E-state index contributed by atoms with van der Waals surface area (Å²) < 4.78 is 29.9. The van der Waals surface area contributed by atoms with Crippen LogP contribution in [-0.2, 0) is 15.6 Å². The van der Waals surface area contributed by atoms with Gasteiger partial charge in [-0.15, -0.1) is 0 Å². The Kier molecular flexibility index (Phi) is 12.6. The molecule has 216 valence electrons. The molecule has 0 aliphatic carbocycles. The lowest BCUT2D eigenvalue weighted by Gasteiger charge is -2.09. The van der Waals surface area contributed by atoms with E-state index in [9.17, 15) is 18.3 Å². The molecule has 4 rings (SSSR count). The standard InChI is InChI=1S/C21H26O3.C14H14O2S/c1-2-3-4-5-6-10-15-24-18-13-14-19(20(22)16-18)21(23)17-11-8-7-9-12-17;1-12-7-9-14(10-8-12)17(15,16)11-13-5-3-2-4-6-13/h7-9,11-14,16,22H,2-6,10,15H2,1H3;2-10H,11H2,1H3. The van der Waals surface area contributed by atoms with Crippen LogP contribution >= 0.6 is 0 Å². The first-order chi connectivity index (χ1) is 19.8. The smallest absolute Gasteiger partial charge is 0.196 e. The summed E-state index contributed by atoms with van der Waals surface area (Å²) in [6.45, 7) is 4.78. The lowest BCUT2D eigenvalue weighted by atomic mass is 10.0. The number of benzene rings is 4. The molecule has 0 heterocycles. The number of aromatic hydroxyl groups is 1. The molecule has 0 spiro atoms. The average molecular weight is 573 g/mol. The summed E-state index contributed by atoms with van der Waals surface area (Å²) in [6.07, 6.45) is 7.25. The molecule has 4 aromatic carbocycles. The van der Waals surface area contributed by atoms with Gasteiger partial charge in [0.1, 0.15) is 11.5 Å². The first-order valence-corrected chi connectivity index (χ1v) is 15.8. The topological polar surface area (TPSA) is 80.7 Å². The van der Waals surface area contributed by atoms with Crippen LogP contribution < -0.4 is 4.74 Å². The van der Waals surface area contributed by atoms with Gasteiger partial charge >= 0.3 is 0 Å². The Balaban J connectivity index is 0.000000239. The molecular weight excluding hydrogens is 532 g/mol. The van der Waals surface area contributed by atoms with E-state index in [4.69, 9.17) is 4.74 Å². The Morgan fingerprint density at radius 1 is 0.756 bits per heavy atom. The van der Waals surface area contributed by atoms with Crippen molar-refractivity contribution in [3.8, 4) is 11.5 Å². The molecule has 0 saturated carbocycles. The lowest BCUT2D eigenvalue weighted by Crippen LogP contribution is -2.04. The summed E-state index contributed by atoms with van der Waals surface area (Å²) >= 11 is 0. The fraction of sp³-hybridized carbons (Fsp3) is 0.286. The van der Waals surface area contributed by atoms with Gasteiger partial charge in [0, 0.05) is 11.6 Å². The Hall–Kier alpha value is -3.90. The maximum Gasteiger partial charge on any atom is 0.196 e. The van der Waals surface area contributed by atoms with Gasteiger partial charge in [-0.25, -0.2) is 8.42 Å². The second-order valence-corrected chi connectivity index (χ2v) is 12.0. The van der Waals surface area contributed by atoms with E-state index in [1.54, 1.807) is 36.4 Å². The summed E-state index contributed by atoms with van der Waals surface area (Å²) in [5, 5.41) is 10.1. The van der Waals surface area contributed by atoms with E-state index < -0.39 is 9.84 Å². The van der Waals surface area contributed by atoms with Crippen molar-refractivity contribution in [1.29, 1.82) is 0 Å². The predicted octanol–water partition coefficient (Wildman–Crippen LogP) is 8.33. The fourth-order valence-corrected chi connectivity index (χ4v) is 5.58. The van der Waals surface area contributed by atoms with Crippen molar-refractivity contribution in [2.24, 2.45) is 0 Å². The summed E-state index contributed by atoms with van der Waals surface area (Å²) in [7, 11) is -3.23. The molecule has 0 aromatic heterocycles. The molecule has 1 N–H and O–H groups in total. The molecule has 0 aliphatic heterocycles. The Morgan fingerprint density at radius 2 is 1.37 bits per heavy atom. The van der Waals surface area contributed by atoms with E-state index in [-0.39, 0.29) is 17.3 Å². The van der Waals surface area contributed by atoms with Crippen LogP contribution in [-0.4, -0.2) is 25.9 Å². The van der Waals surface area contributed by atoms with Crippen molar-refractivity contribution in [3.63, 3.8) is 0 Å². The van der Waals surface area contributed by atoms with Crippen molar-refractivity contribution in [3.05, 3.63) is 125 Å². The highest BCUT2D eigenvalue weighted by atomic mass is 32.2. The van der Waals surface area contributed by atoms with Gasteiger partial charge in [-0.2, -0.15) is 0 Å². The molecular formula is C35H40O5S. The number of rotatable bonds is 13. The molecule has 6 heteroatoms. The minimum Gasteiger partial charge on any atom is -0.507 e. The molecule has 0 atom stereocenters. The number of phenols is 1. The van der Waals surface area contributed by atoms with Gasteiger partial charge in [0.15, 0.2) is 15.6 Å². The van der Waals surface area contributed by atoms with Crippen LogP contribution in [0, 0.1) is 6.92 Å². The zero-order valence-corrected chi connectivity index (χ0v) is 24.8. The zero-order valence-electron chi connectivity index (χ0n) is 24.0. The van der Waals surface area contributed by atoms with Gasteiger partial charge in [0.2, 0.25) is 0 Å². The minimum absolute atomic E-state index is 0.0377. The minimum atomic E-state index is -3.23. The monoisotopic (exact) mass is 572 g/mol. The van der Waals surface area contributed by atoms with E-state index in [2.05, 4.69) is 6.92 Å². The summed E-state index contributed by atoms with van der Waals surface area (Å²) in [6, 6.07) is 30.0. The summed E-state index contributed by atoms with van der Waals surface area (Å²) in [5.41, 5.74) is 2.73. The van der Waals surface area contributed by atoms with Gasteiger partial charge in [0.25, 0.3) is 0 Å². The molecule has 0 bridgehead atoms. The van der Waals surface area contributed by atoms with Gasteiger partial charge in [-0.05, 0) is 43.2 Å². The van der Waals surface area contributed by atoms with Crippen LogP contribution in [0.5, 0.6) is 11.5 Å². The van der Waals surface area contributed by atoms with E-state index in [0.717, 1.165) is 24.0 Å². The number of carbonyl (C=O) groups excluding carboxylic acids is 1. The number of unbranched alkanes of at least 4 members (excludes halogenated alkanes) is 5. The summed E-state index contributed by atoms with van der Waals surface area (Å²) in [5.74, 6) is 0.433. The fourth-order valence-electron chi connectivity index (χ4n) is 4.23. The first kappa shape index (κ1) is 31.6. The highest BCUT2D eigenvalue weighted by Crippen LogP contribution is 2.26. The van der Waals surface area contributed by atoms with Crippen molar-refractivity contribution < 1.29 is 23.1 Å². The number of hydrogen-bond donors (Lipinski definition) is 1. The first-order valence-electron chi connectivity index (χ1n) is 14.2. The van der Waals surface area contributed by atoms with Crippen molar-refractivity contribution in [2.45, 2.75) is 63.0 Å². The SMILES string of the molecule is CCCCCCCCOc1ccc(C(=O)c2ccccc2)c(O)c1.Cc1ccc(S(=O)(=O)Cc2ccccc2)cc1. The van der Waals surface area contributed by atoms with Crippen LogP contribution in [0.1, 0.15) is 72.5 Å². The van der Waals surface area contributed by atoms with Crippen LogP contribution in [0.2, 0.25) is 0 Å². The molecule has 0 amide bonds. The molecule has 5 nitrogen and oxygen atoms in total. The lowest BCUT2D eigenvalue weighted by molar-refractivity contribution is 0.103. The third-order valence-corrected chi connectivity index (χ3v) is 8.30. The van der Waals surface area contributed by atoms with Crippen LogP contribution in [0.4, 0.5) is 0 Å². The molecule has 0 unspecified atom stereocenters. The van der Waals surface area contributed by atoms with Crippen molar-refractivity contribution in [2.75, 3.05) is 6.61 Å². The van der Waals surface area contributed by atoms with Crippen LogP contribution in [0.15, 0.2) is 108 Å². The van der Waals surface area contributed by atoms with E-state index >= 15 is 0 Å². The average Bonchev–Trinajstić information content (AvgIpc) is 2.98. The zero-order chi connectivity index (χ0) is 29.5. The van der Waals surface area contributed by atoms with Crippen molar-refractivity contribution >= 4 is 15.6 Å². The van der Waals surface area contributed by atoms with Gasteiger partial charge < -0.3 is 9.84 Å². The number of ketones is 1. The van der Waals surface area contributed by atoms with Crippen LogP contribution in [0.3, 0.4) is 0 Å². The molecule has 0 radical (unpaired) electrons. The molecule has 4 aromatic rings. The normalized spacial score (nSPS) is 10.9. The van der Waals surface area contributed by atoms with Crippen molar-refractivity contribution in [1.82, 2.24) is 0 Å². The molecule has 0 aliphatic rings. The number of phenolic OH excluding ortho intramolecular Hbond substituents is 1. The maximum atomic E-state index is 12.4. The number of ether oxygens (including phenoxy) is 1. The van der Waals surface area contributed by atoms with Gasteiger partial charge in [-0.3, -0.25) is 4.79 Å². The maximum absolute atomic E-state index is 12.4. The van der Waals surface area contributed by atoms with E-state index in [1.807, 2.05) is 67.6 Å². The number of aryl methyl sites for hydroxylation is 1. The second kappa shape index (κ2) is 16.4. The van der Waals surface area contributed by atoms with E-state index in [0.29, 0.717) is 28.4 Å². The number of hydrogen-bond acceptors (Lipinski definition) is 5. The van der Waals surface area contributed by atoms with Gasteiger partial charge in [-0.1, -0.05) is 117 Å². The molecule has 41 heavy (non-hydrogen) atoms. The highest BCUT2D eigenvalue weighted by molar-refractivity contribution is 7.90. The Labute approximate surface area is 244 Å². The Morgan fingerprint density at radius 3 is 2.00 bits per heavy atom. The highest BCUT2D eigenvalue weighted by Gasteiger charge is 2.15. The molecule has 0 fully saturated rings. The number of carbonyl (C=O) groups is 1. The third-order valence-electron chi connectivity index (χ3n) is 6.60.